The molecule has 1 aromatic rings. The van der Waals surface area contributed by atoms with Crippen molar-refractivity contribution >= 4 is 18.4 Å². The van der Waals surface area contributed by atoms with Crippen LogP contribution in [0.4, 0.5) is 4.39 Å². The summed E-state index contributed by atoms with van der Waals surface area (Å²) in [6, 6.07) is 2.03. The molecule has 6 heteroatoms. The van der Waals surface area contributed by atoms with E-state index in [-0.39, 0.29) is 23.7 Å². The largest absolute Gasteiger partial charge is 0.508 e. The van der Waals surface area contributed by atoms with Gasteiger partial charge in [0.1, 0.15) is 17.6 Å². The van der Waals surface area contributed by atoms with E-state index in [1.54, 1.807) is 0 Å². The van der Waals surface area contributed by atoms with Crippen LogP contribution in [0.15, 0.2) is 18.2 Å². The van der Waals surface area contributed by atoms with E-state index in [9.17, 15) is 14.3 Å². The lowest BCUT2D eigenvalue weighted by Crippen LogP contribution is -2.22. The van der Waals surface area contributed by atoms with Gasteiger partial charge in [0.2, 0.25) is 0 Å². The van der Waals surface area contributed by atoms with Crippen LogP contribution in [0.5, 0.6) is 5.75 Å². The molecule has 0 radical (unpaired) electrons. The number of rotatable bonds is 2. The average Bonchev–Trinajstić information content (AvgIpc) is 2.19. The van der Waals surface area contributed by atoms with E-state index in [2.05, 4.69) is 4.74 Å². The van der Waals surface area contributed by atoms with Gasteiger partial charge in [-0.05, 0) is 18.2 Å². The van der Waals surface area contributed by atoms with Gasteiger partial charge in [0.15, 0.2) is 0 Å². The van der Waals surface area contributed by atoms with Gasteiger partial charge in [0.25, 0.3) is 0 Å². The number of carbonyl (C=O) groups is 1. The standard InChI is InChI=1S/C9H10FNO3.ClH/c1-14-9(13)8(11)6-4-5(10)2-3-7(6)12;/h2-4,8,12H,11H2,1H3;1H/t8-;/m0./s1. The molecule has 0 aliphatic rings. The molecule has 0 fully saturated rings. The summed E-state index contributed by atoms with van der Waals surface area (Å²) in [6.45, 7) is 0. The second-order valence-corrected chi connectivity index (χ2v) is 2.70. The molecule has 4 nitrogen and oxygen atoms in total. The molecule has 0 amide bonds. The molecule has 0 bridgehead atoms. The topological polar surface area (TPSA) is 72.5 Å². The van der Waals surface area contributed by atoms with Crippen LogP contribution in [0.2, 0.25) is 0 Å². The molecule has 84 valence electrons. The summed E-state index contributed by atoms with van der Waals surface area (Å²) in [5.74, 6) is -1.53. The molecule has 15 heavy (non-hydrogen) atoms. The number of hydrogen-bond acceptors (Lipinski definition) is 4. The third-order valence-electron chi connectivity index (χ3n) is 1.78. The van der Waals surface area contributed by atoms with Crippen LogP contribution < -0.4 is 5.73 Å². The van der Waals surface area contributed by atoms with Crippen LogP contribution in [-0.2, 0) is 9.53 Å². The number of benzene rings is 1. The quantitative estimate of drug-likeness (QED) is 0.754. The number of esters is 1. The van der Waals surface area contributed by atoms with E-state index in [0.717, 1.165) is 18.2 Å². The van der Waals surface area contributed by atoms with Crippen LogP contribution in [0, 0.1) is 5.82 Å². The molecular formula is C9H11ClFNO3. The first-order valence-corrected chi connectivity index (χ1v) is 3.88. The van der Waals surface area contributed by atoms with Crippen LogP contribution in [-0.4, -0.2) is 18.2 Å². The molecule has 3 N–H and O–H groups in total. The fourth-order valence-electron chi connectivity index (χ4n) is 1.03. The summed E-state index contributed by atoms with van der Waals surface area (Å²) in [5, 5.41) is 9.30. The Morgan fingerprint density at radius 2 is 2.20 bits per heavy atom. The highest BCUT2D eigenvalue weighted by molar-refractivity contribution is 5.85. The van der Waals surface area contributed by atoms with E-state index < -0.39 is 17.8 Å². The number of carbonyl (C=O) groups excluding carboxylic acids is 1. The van der Waals surface area contributed by atoms with Crippen molar-refractivity contribution in [1.29, 1.82) is 0 Å². The number of aromatic hydroxyl groups is 1. The highest BCUT2D eigenvalue weighted by Crippen LogP contribution is 2.23. The summed E-state index contributed by atoms with van der Waals surface area (Å²) < 4.78 is 17.1. The van der Waals surface area contributed by atoms with Crippen molar-refractivity contribution in [3.05, 3.63) is 29.6 Å². The summed E-state index contributed by atoms with van der Waals surface area (Å²) in [4.78, 5) is 11.0. The number of phenolic OH excluding ortho intramolecular Hbond substituents is 1. The Kier molecular flexibility index (Phi) is 5.04. The SMILES string of the molecule is COC(=O)[C@@H](N)c1cc(F)ccc1O.Cl. The Morgan fingerprint density at radius 3 is 2.73 bits per heavy atom. The van der Waals surface area contributed by atoms with Gasteiger partial charge < -0.3 is 15.6 Å². The van der Waals surface area contributed by atoms with Crippen molar-refractivity contribution in [3.8, 4) is 5.75 Å². The van der Waals surface area contributed by atoms with Crippen molar-refractivity contribution in [3.63, 3.8) is 0 Å². The first-order valence-electron chi connectivity index (χ1n) is 3.88. The number of halogens is 2. The Morgan fingerprint density at radius 1 is 1.60 bits per heavy atom. The fourth-order valence-corrected chi connectivity index (χ4v) is 1.03. The van der Waals surface area contributed by atoms with E-state index in [1.165, 1.54) is 7.11 Å². The molecule has 0 unspecified atom stereocenters. The van der Waals surface area contributed by atoms with Gasteiger partial charge >= 0.3 is 5.97 Å². The third kappa shape index (κ3) is 3.07. The van der Waals surface area contributed by atoms with Crippen LogP contribution in [0.1, 0.15) is 11.6 Å². The summed E-state index contributed by atoms with van der Waals surface area (Å²) >= 11 is 0. The van der Waals surface area contributed by atoms with Gasteiger partial charge in [-0.3, -0.25) is 4.79 Å². The lowest BCUT2D eigenvalue weighted by atomic mass is 10.1. The predicted molar refractivity (Wildman–Crippen MR) is 54.3 cm³/mol. The molecule has 1 rings (SSSR count). The maximum atomic E-state index is 12.8. The molecule has 0 aliphatic carbocycles. The lowest BCUT2D eigenvalue weighted by Gasteiger charge is -2.10. The number of methoxy groups -OCH3 is 1. The highest BCUT2D eigenvalue weighted by atomic mass is 35.5. The van der Waals surface area contributed by atoms with E-state index in [4.69, 9.17) is 5.73 Å². The number of hydrogen-bond donors (Lipinski definition) is 2. The van der Waals surface area contributed by atoms with Gasteiger partial charge in [-0.15, -0.1) is 12.4 Å². The Labute approximate surface area is 92.3 Å². The van der Waals surface area contributed by atoms with E-state index in [0.29, 0.717) is 0 Å². The van der Waals surface area contributed by atoms with Crippen LogP contribution in [0.25, 0.3) is 0 Å². The lowest BCUT2D eigenvalue weighted by molar-refractivity contribution is -0.142. The van der Waals surface area contributed by atoms with Crippen molar-refractivity contribution in [2.24, 2.45) is 5.73 Å². The van der Waals surface area contributed by atoms with Crippen molar-refractivity contribution in [2.75, 3.05) is 7.11 Å². The Balaban J connectivity index is 0.00000196. The maximum Gasteiger partial charge on any atom is 0.327 e. The second-order valence-electron chi connectivity index (χ2n) is 2.70. The van der Waals surface area contributed by atoms with Gasteiger partial charge in [-0.25, -0.2) is 4.39 Å². The first-order chi connectivity index (χ1) is 6.56. The zero-order valence-corrected chi connectivity index (χ0v) is 8.75. The second kappa shape index (κ2) is 5.53. The number of nitrogens with two attached hydrogens (primary N) is 1. The molecule has 0 heterocycles. The van der Waals surface area contributed by atoms with Gasteiger partial charge in [-0.2, -0.15) is 0 Å². The van der Waals surface area contributed by atoms with Crippen molar-refractivity contribution < 1.29 is 19.0 Å². The first kappa shape index (κ1) is 13.7. The van der Waals surface area contributed by atoms with Crippen LogP contribution in [0.3, 0.4) is 0 Å². The Hall–Kier alpha value is -1.33. The smallest absolute Gasteiger partial charge is 0.327 e. The fraction of sp³-hybridized carbons (Fsp3) is 0.222. The summed E-state index contributed by atoms with van der Waals surface area (Å²) in [6.07, 6.45) is 0. The molecule has 0 saturated heterocycles. The number of ether oxygens (including phenoxy) is 1. The summed E-state index contributed by atoms with van der Waals surface area (Å²) in [5.41, 5.74) is 5.43. The monoisotopic (exact) mass is 235 g/mol. The van der Waals surface area contributed by atoms with Gasteiger partial charge in [-0.1, -0.05) is 0 Å². The van der Waals surface area contributed by atoms with Gasteiger partial charge in [0, 0.05) is 5.56 Å². The minimum Gasteiger partial charge on any atom is -0.508 e. The molecule has 0 spiro atoms. The zero-order valence-electron chi connectivity index (χ0n) is 7.94. The highest BCUT2D eigenvalue weighted by Gasteiger charge is 2.19. The van der Waals surface area contributed by atoms with Crippen LogP contribution >= 0.6 is 12.4 Å². The molecule has 0 aliphatic heterocycles. The molecule has 1 aromatic carbocycles. The maximum absolute atomic E-state index is 12.8. The van der Waals surface area contributed by atoms with Crippen molar-refractivity contribution in [1.82, 2.24) is 0 Å². The van der Waals surface area contributed by atoms with Gasteiger partial charge in [0.05, 0.1) is 7.11 Å². The molecular weight excluding hydrogens is 225 g/mol. The normalized spacial score (nSPS) is 11.4. The minimum absolute atomic E-state index is 0. The summed E-state index contributed by atoms with van der Waals surface area (Å²) in [7, 11) is 1.17. The molecule has 1 atom stereocenters. The predicted octanol–water partition coefficient (Wildman–Crippen LogP) is 1.13. The Bertz CT molecular complexity index is 359. The van der Waals surface area contributed by atoms with Crippen molar-refractivity contribution in [2.45, 2.75) is 6.04 Å². The molecule has 0 aromatic heterocycles. The third-order valence-corrected chi connectivity index (χ3v) is 1.78. The average molecular weight is 236 g/mol. The van der Waals surface area contributed by atoms with E-state index >= 15 is 0 Å². The minimum atomic E-state index is -1.17. The van der Waals surface area contributed by atoms with E-state index in [1.807, 2.05) is 0 Å². The number of phenols is 1. The zero-order chi connectivity index (χ0) is 10.7. The molecule has 0 saturated carbocycles.